The molecule has 0 bridgehead atoms. The molecule has 2 aromatic carbocycles. The molecule has 0 aliphatic rings. The zero-order valence-corrected chi connectivity index (χ0v) is 16.8. The average molecular weight is 456 g/mol. The summed E-state index contributed by atoms with van der Waals surface area (Å²) in [6, 6.07) is 17.6. The zero-order valence-electron chi connectivity index (χ0n) is 14.4. The number of hydrogen-bond donors (Lipinski definition) is 2. The first kappa shape index (κ1) is 18.4. The van der Waals surface area contributed by atoms with E-state index in [1.807, 2.05) is 59.2 Å². The molecule has 2 N–H and O–H groups in total. The van der Waals surface area contributed by atoms with E-state index in [1.165, 1.54) is 18.1 Å². The Labute approximate surface area is 172 Å². The smallest absolute Gasteiger partial charge is 0.237 e. The van der Waals surface area contributed by atoms with Crippen molar-refractivity contribution in [3.63, 3.8) is 0 Å². The maximum absolute atomic E-state index is 12.2. The van der Waals surface area contributed by atoms with Crippen LogP contribution < -0.4 is 5.32 Å². The van der Waals surface area contributed by atoms with Crippen LogP contribution in [0.3, 0.4) is 0 Å². The van der Waals surface area contributed by atoms with E-state index >= 15 is 0 Å². The first-order chi connectivity index (χ1) is 13.7. The molecular formula is C18H14BrN7OS. The van der Waals surface area contributed by atoms with E-state index in [0.717, 1.165) is 15.7 Å². The third-order valence-electron chi connectivity index (χ3n) is 3.77. The van der Waals surface area contributed by atoms with Crippen molar-refractivity contribution in [1.29, 1.82) is 0 Å². The minimum Gasteiger partial charge on any atom is -0.294 e. The molecule has 28 heavy (non-hydrogen) atoms. The van der Waals surface area contributed by atoms with Crippen LogP contribution in [0, 0.1) is 0 Å². The fraction of sp³-hybridized carbons (Fsp3) is 0.0556. The number of nitrogens with one attached hydrogen (secondary N) is 2. The topological polar surface area (TPSA) is 101 Å². The molecular weight excluding hydrogens is 442 g/mol. The fourth-order valence-corrected chi connectivity index (χ4v) is 3.77. The quantitative estimate of drug-likeness (QED) is 0.431. The van der Waals surface area contributed by atoms with Crippen LogP contribution in [0.2, 0.25) is 0 Å². The number of carbonyl (C=O) groups excluding carboxylic acids is 1. The number of thioether (sulfide) groups is 1. The number of aromatic nitrogens is 6. The van der Waals surface area contributed by atoms with Gasteiger partial charge in [0.25, 0.3) is 0 Å². The summed E-state index contributed by atoms with van der Waals surface area (Å²) in [6.07, 6.45) is 1.33. The molecule has 0 spiro atoms. The molecule has 0 saturated heterocycles. The van der Waals surface area contributed by atoms with Gasteiger partial charge < -0.3 is 0 Å². The van der Waals surface area contributed by atoms with Crippen LogP contribution in [-0.2, 0) is 4.79 Å². The molecule has 4 rings (SSSR count). The molecule has 2 heterocycles. The summed E-state index contributed by atoms with van der Waals surface area (Å²) >= 11 is 4.87. The highest BCUT2D eigenvalue weighted by Gasteiger charge is 2.18. The maximum Gasteiger partial charge on any atom is 0.237 e. The highest BCUT2D eigenvalue weighted by molar-refractivity contribution is 9.10. The molecule has 1 amide bonds. The van der Waals surface area contributed by atoms with Crippen molar-refractivity contribution >= 4 is 39.5 Å². The van der Waals surface area contributed by atoms with E-state index in [4.69, 9.17) is 0 Å². The Hall–Kier alpha value is -2.98. The van der Waals surface area contributed by atoms with E-state index < -0.39 is 0 Å². The van der Waals surface area contributed by atoms with Gasteiger partial charge in [0, 0.05) is 15.7 Å². The molecule has 2 aromatic heterocycles. The Bertz CT molecular complexity index is 1080. The van der Waals surface area contributed by atoms with Crippen LogP contribution in [0.5, 0.6) is 0 Å². The van der Waals surface area contributed by atoms with E-state index in [1.54, 1.807) is 0 Å². The highest BCUT2D eigenvalue weighted by atomic mass is 79.9. The van der Waals surface area contributed by atoms with Crippen molar-refractivity contribution in [1.82, 2.24) is 29.9 Å². The number of hydrogen-bond acceptors (Lipinski definition) is 6. The molecule has 0 atom stereocenters. The van der Waals surface area contributed by atoms with Crippen LogP contribution >= 0.6 is 27.7 Å². The van der Waals surface area contributed by atoms with Crippen molar-refractivity contribution in [3.05, 3.63) is 65.4 Å². The van der Waals surface area contributed by atoms with E-state index in [9.17, 15) is 4.79 Å². The van der Waals surface area contributed by atoms with Gasteiger partial charge in [-0.1, -0.05) is 64.1 Å². The predicted octanol–water partition coefficient (Wildman–Crippen LogP) is 3.55. The summed E-state index contributed by atoms with van der Waals surface area (Å²) in [7, 11) is 0. The highest BCUT2D eigenvalue weighted by Crippen LogP contribution is 2.32. The summed E-state index contributed by atoms with van der Waals surface area (Å²) < 4.78 is 2.85. The van der Waals surface area contributed by atoms with Crippen LogP contribution in [0.1, 0.15) is 0 Å². The number of nitrogens with zero attached hydrogens (tertiary/aromatic N) is 5. The van der Waals surface area contributed by atoms with Gasteiger partial charge in [-0.25, -0.2) is 5.10 Å². The first-order valence-corrected chi connectivity index (χ1v) is 10.0. The number of para-hydroxylation sites is 1. The summed E-state index contributed by atoms with van der Waals surface area (Å²) in [4.78, 5) is 16.1. The maximum atomic E-state index is 12.2. The predicted molar refractivity (Wildman–Crippen MR) is 110 cm³/mol. The van der Waals surface area contributed by atoms with Crippen molar-refractivity contribution in [2.75, 3.05) is 11.1 Å². The van der Waals surface area contributed by atoms with Crippen LogP contribution in [0.25, 0.3) is 17.1 Å². The van der Waals surface area contributed by atoms with Gasteiger partial charge in [-0.2, -0.15) is 10.1 Å². The minimum atomic E-state index is -0.216. The normalized spacial score (nSPS) is 10.8. The Kier molecular flexibility index (Phi) is 5.49. The Balaban J connectivity index is 1.64. The second-order valence-electron chi connectivity index (χ2n) is 5.63. The van der Waals surface area contributed by atoms with Crippen molar-refractivity contribution < 1.29 is 4.79 Å². The van der Waals surface area contributed by atoms with Gasteiger partial charge in [-0.05, 0) is 18.2 Å². The van der Waals surface area contributed by atoms with Gasteiger partial charge in [-0.15, -0.1) is 10.2 Å². The van der Waals surface area contributed by atoms with Gasteiger partial charge in [0.05, 0.1) is 5.75 Å². The van der Waals surface area contributed by atoms with Crippen LogP contribution in [0.15, 0.2) is 70.6 Å². The molecule has 0 saturated carbocycles. The zero-order chi connectivity index (χ0) is 19.3. The number of rotatable bonds is 6. The minimum absolute atomic E-state index is 0.154. The van der Waals surface area contributed by atoms with E-state index in [2.05, 4.69) is 46.6 Å². The number of benzene rings is 2. The number of aromatic amines is 1. The van der Waals surface area contributed by atoms with Crippen molar-refractivity contribution in [2.45, 2.75) is 5.16 Å². The third kappa shape index (κ3) is 3.97. The number of H-pyrrole nitrogens is 1. The van der Waals surface area contributed by atoms with E-state index in [-0.39, 0.29) is 11.7 Å². The lowest BCUT2D eigenvalue weighted by Crippen LogP contribution is -2.15. The molecule has 0 fully saturated rings. The summed E-state index contributed by atoms with van der Waals surface area (Å²) in [5.41, 5.74) is 1.83. The summed E-state index contributed by atoms with van der Waals surface area (Å²) in [5, 5.41) is 18.3. The molecule has 0 radical (unpaired) electrons. The lowest BCUT2D eigenvalue weighted by Gasteiger charge is -2.11. The van der Waals surface area contributed by atoms with Gasteiger partial charge >= 0.3 is 0 Å². The van der Waals surface area contributed by atoms with Crippen LogP contribution in [-0.4, -0.2) is 41.6 Å². The summed E-state index contributed by atoms with van der Waals surface area (Å²) in [5.74, 6) is 0.939. The Morgan fingerprint density at radius 1 is 1.11 bits per heavy atom. The molecule has 4 aromatic rings. The van der Waals surface area contributed by atoms with E-state index in [0.29, 0.717) is 16.9 Å². The molecule has 0 aliphatic heterocycles. The van der Waals surface area contributed by atoms with Gasteiger partial charge in [0.2, 0.25) is 11.9 Å². The lowest BCUT2D eigenvalue weighted by molar-refractivity contribution is -0.113. The standard InChI is InChI=1S/C18H14BrN7OS/c19-14-9-5-4-8-13(14)16-23-25-18(26(16)12-6-2-1-3-7-12)28-10-15(27)22-17-20-11-21-24-17/h1-9,11H,10H2,(H2,20,21,22,24,27). The molecule has 0 aliphatic carbocycles. The molecule has 0 unspecified atom stereocenters. The molecule has 8 nitrogen and oxygen atoms in total. The van der Waals surface area contributed by atoms with Gasteiger partial charge in [-0.3, -0.25) is 14.7 Å². The monoisotopic (exact) mass is 455 g/mol. The number of anilines is 1. The second-order valence-corrected chi connectivity index (χ2v) is 7.42. The van der Waals surface area contributed by atoms with Crippen molar-refractivity contribution in [3.8, 4) is 17.1 Å². The number of halogens is 1. The molecule has 140 valence electrons. The Morgan fingerprint density at radius 2 is 1.89 bits per heavy atom. The molecule has 10 heteroatoms. The SMILES string of the molecule is O=C(CSc1nnc(-c2ccccc2Br)n1-c1ccccc1)Nc1ncn[nH]1. The summed E-state index contributed by atoms with van der Waals surface area (Å²) in [6.45, 7) is 0. The largest absolute Gasteiger partial charge is 0.294 e. The van der Waals surface area contributed by atoms with Crippen LogP contribution in [0.4, 0.5) is 5.95 Å². The fourth-order valence-electron chi connectivity index (χ4n) is 2.55. The lowest BCUT2D eigenvalue weighted by atomic mass is 10.2. The van der Waals surface area contributed by atoms with Gasteiger partial charge in [0.1, 0.15) is 6.33 Å². The van der Waals surface area contributed by atoms with Gasteiger partial charge in [0.15, 0.2) is 11.0 Å². The Morgan fingerprint density at radius 3 is 2.64 bits per heavy atom. The van der Waals surface area contributed by atoms with Crippen molar-refractivity contribution in [2.24, 2.45) is 0 Å². The first-order valence-electron chi connectivity index (χ1n) is 8.26. The average Bonchev–Trinajstić information content (AvgIpc) is 3.37. The second kappa shape index (κ2) is 8.36. The number of carbonyl (C=O) groups is 1. The third-order valence-corrected chi connectivity index (χ3v) is 5.39. The number of amides is 1.